The van der Waals surface area contributed by atoms with Crippen molar-refractivity contribution in [3.8, 4) is 0 Å². The smallest absolute Gasteiger partial charge is 0.336 e. The molecule has 5 nitrogen and oxygen atoms in total. The average Bonchev–Trinajstić information content (AvgIpc) is 2.65. The Balaban J connectivity index is 2.57. The van der Waals surface area contributed by atoms with Gasteiger partial charge in [-0.3, -0.25) is 4.79 Å². The standard InChI is InChI=1S/C14H14F2N2O3/c1-6(2)14(3)13(21)17-11(18-14)10-8(12(19)20)4-7(15)5-9(10)16/h4-6H,1-3H3,(H,19,20)(H,17,18,21). The number of amidine groups is 1. The highest BCUT2D eigenvalue weighted by molar-refractivity contribution is 6.17. The summed E-state index contributed by atoms with van der Waals surface area (Å²) in [4.78, 5) is 26.9. The summed E-state index contributed by atoms with van der Waals surface area (Å²) in [6.45, 7) is 5.16. The van der Waals surface area contributed by atoms with Crippen LogP contribution in [0.3, 0.4) is 0 Å². The predicted octanol–water partition coefficient (Wildman–Crippen LogP) is 1.95. The fourth-order valence-electron chi connectivity index (χ4n) is 2.04. The molecular formula is C14H14F2N2O3. The van der Waals surface area contributed by atoms with Crippen molar-refractivity contribution in [2.24, 2.45) is 10.9 Å². The Morgan fingerprint density at radius 2 is 2.00 bits per heavy atom. The maximum absolute atomic E-state index is 14.0. The van der Waals surface area contributed by atoms with Gasteiger partial charge in [-0.05, 0) is 18.9 Å². The summed E-state index contributed by atoms with van der Waals surface area (Å²) in [5.41, 5.74) is -2.05. The summed E-state index contributed by atoms with van der Waals surface area (Å²) in [6, 6.07) is 1.25. The van der Waals surface area contributed by atoms with Crippen LogP contribution in [0, 0.1) is 17.6 Å². The highest BCUT2D eigenvalue weighted by Crippen LogP contribution is 2.26. The second-order valence-corrected chi connectivity index (χ2v) is 5.36. The lowest BCUT2D eigenvalue weighted by atomic mass is 9.88. The molecule has 1 aliphatic heterocycles. The van der Waals surface area contributed by atoms with Crippen LogP contribution in [0.1, 0.15) is 36.7 Å². The van der Waals surface area contributed by atoms with E-state index in [1.54, 1.807) is 20.8 Å². The topological polar surface area (TPSA) is 78.8 Å². The van der Waals surface area contributed by atoms with Crippen molar-refractivity contribution >= 4 is 17.7 Å². The van der Waals surface area contributed by atoms with E-state index in [1.165, 1.54) is 0 Å². The van der Waals surface area contributed by atoms with Gasteiger partial charge >= 0.3 is 5.97 Å². The number of hydrogen-bond acceptors (Lipinski definition) is 3. The predicted molar refractivity (Wildman–Crippen MR) is 71.2 cm³/mol. The minimum absolute atomic E-state index is 0.150. The van der Waals surface area contributed by atoms with E-state index >= 15 is 0 Å². The number of carboxylic acid groups (broad SMARTS) is 1. The van der Waals surface area contributed by atoms with Gasteiger partial charge < -0.3 is 10.4 Å². The van der Waals surface area contributed by atoms with Crippen molar-refractivity contribution in [2.75, 3.05) is 0 Å². The molecule has 1 aromatic rings. The van der Waals surface area contributed by atoms with Gasteiger partial charge in [0.05, 0.1) is 11.1 Å². The molecule has 1 atom stereocenters. The first-order valence-corrected chi connectivity index (χ1v) is 6.31. The molecule has 0 saturated heterocycles. The van der Waals surface area contributed by atoms with Gasteiger partial charge in [0.2, 0.25) is 0 Å². The van der Waals surface area contributed by atoms with Crippen LogP contribution in [0.2, 0.25) is 0 Å². The number of rotatable bonds is 3. The third kappa shape index (κ3) is 2.39. The highest BCUT2D eigenvalue weighted by Gasteiger charge is 2.43. The van der Waals surface area contributed by atoms with Crippen LogP contribution in [-0.2, 0) is 4.79 Å². The molecule has 1 heterocycles. The number of nitrogens with zero attached hydrogens (tertiary/aromatic N) is 1. The lowest BCUT2D eigenvalue weighted by Crippen LogP contribution is -2.50. The summed E-state index contributed by atoms with van der Waals surface area (Å²) in [6.07, 6.45) is 0. The Morgan fingerprint density at radius 1 is 1.38 bits per heavy atom. The van der Waals surface area contributed by atoms with Crippen molar-refractivity contribution in [3.63, 3.8) is 0 Å². The molecule has 0 aliphatic carbocycles. The van der Waals surface area contributed by atoms with E-state index in [-0.39, 0.29) is 11.8 Å². The van der Waals surface area contributed by atoms with Gasteiger partial charge in [0.25, 0.3) is 5.91 Å². The Bertz CT molecular complexity index is 670. The molecule has 112 valence electrons. The molecular weight excluding hydrogens is 282 g/mol. The van der Waals surface area contributed by atoms with E-state index < -0.39 is 40.2 Å². The summed E-state index contributed by atoms with van der Waals surface area (Å²) < 4.78 is 27.1. The first-order valence-electron chi connectivity index (χ1n) is 6.31. The van der Waals surface area contributed by atoms with E-state index in [1.807, 2.05) is 0 Å². The fourth-order valence-corrected chi connectivity index (χ4v) is 2.04. The molecule has 0 bridgehead atoms. The Kier molecular flexibility index (Phi) is 3.52. The lowest BCUT2D eigenvalue weighted by molar-refractivity contribution is -0.123. The lowest BCUT2D eigenvalue weighted by Gasteiger charge is -2.27. The average molecular weight is 296 g/mol. The Labute approximate surface area is 119 Å². The van der Waals surface area contributed by atoms with Crippen LogP contribution >= 0.6 is 0 Å². The summed E-state index contributed by atoms with van der Waals surface area (Å²) in [5, 5.41) is 11.8. The molecule has 1 unspecified atom stereocenters. The summed E-state index contributed by atoms with van der Waals surface area (Å²) >= 11 is 0. The van der Waals surface area contributed by atoms with Crippen LogP contribution in [0.5, 0.6) is 0 Å². The maximum Gasteiger partial charge on any atom is 0.336 e. The zero-order valence-electron chi connectivity index (χ0n) is 11.7. The van der Waals surface area contributed by atoms with Gasteiger partial charge in [-0.15, -0.1) is 0 Å². The SMILES string of the molecule is CC(C)C1(C)NC(c2c(F)cc(F)cc2C(=O)O)=NC1=O. The number of hydrogen-bond donors (Lipinski definition) is 2. The molecule has 21 heavy (non-hydrogen) atoms. The van der Waals surface area contributed by atoms with Crippen LogP contribution in [0.4, 0.5) is 8.78 Å². The molecule has 0 radical (unpaired) electrons. The molecule has 1 aliphatic rings. The number of carboxylic acids is 1. The van der Waals surface area contributed by atoms with Crippen LogP contribution in [0.25, 0.3) is 0 Å². The van der Waals surface area contributed by atoms with Crippen molar-refractivity contribution < 1.29 is 23.5 Å². The van der Waals surface area contributed by atoms with Gasteiger partial charge in [0, 0.05) is 6.07 Å². The van der Waals surface area contributed by atoms with Gasteiger partial charge in [0.1, 0.15) is 23.0 Å². The summed E-state index contributed by atoms with van der Waals surface area (Å²) in [5.74, 6) is -4.45. The zero-order valence-corrected chi connectivity index (χ0v) is 11.7. The monoisotopic (exact) mass is 296 g/mol. The molecule has 1 amide bonds. The van der Waals surface area contributed by atoms with E-state index in [0.717, 1.165) is 0 Å². The van der Waals surface area contributed by atoms with E-state index in [4.69, 9.17) is 5.11 Å². The first kappa shape index (κ1) is 15.1. The molecule has 0 aromatic heterocycles. The second kappa shape index (κ2) is 4.91. The van der Waals surface area contributed by atoms with Crippen molar-refractivity contribution in [1.29, 1.82) is 0 Å². The molecule has 2 N–H and O–H groups in total. The third-order valence-electron chi connectivity index (χ3n) is 3.71. The van der Waals surface area contributed by atoms with Crippen LogP contribution in [-0.4, -0.2) is 28.4 Å². The Hall–Kier alpha value is -2.31. The van der Waals surface area contributed by atoms with Crippen molar-refractivity contribution in [2.45, 2.75) is 26.3 Å². The molecule has 0 saturated carbocycles. The minimum atomic E-state index is -1.50. The number of aliphatic imine (C=N–C) groups is 1. The zero-order chi connectivity index (χ0) is 15.9. The first-order chi connectivity index (χ1) is 9.66. The van der Waals surface area contributed by atoms with Crippen molar-refractivity contribution in [3.05, 3.63) is 34.9 Å². The number of carbonyl (C=O) groups excluding carboxylic acids is 1. The highest BCUT2D eigenvalue weighted by atomic mass is 19.1. The van der Waals surface area contributed by atoms with Gasteiger partial charge in [-0.1, -0.05) is 13.8 Å². The largest absolute Gasteiger partial charge is 0.478 e. The third-order valence-corrected chi connectivity index (χ3v) is 3.71. The van der Waals surface area contributed by atoms with Gasteiger partial charge in [-0.2, -0.15) is 4.99 Å². The molecule has 2 rings (SSSR count). The molecule has 7 heteroatoms. The molecule has 0 spiro atoms. The number of aromatic carboxylic acids is 1. The van der Waals surface area contributed by atoms with E-state index in [0.29, 0.717) is 12.1 Å². The number of amides is 1. The number of carbonyl (C=O) groups is 2. The second-order valence-electron chi connectivity index (χ2n) is 5.36. The van der Waals surface area contributed by atoms with Gasteiger partial charge in [0.15, 0.2) is 0 Å². The summed E-state index contributed by atoms with van der Waals surface area (Å²) in [7, 11) is 0. The van der Waals surface area contributed by atoms with E-state index in [2.05, 4.69) is 10.3 Å². The fraction of sp³-hybridized carbons (Fsp3) is 0.357. The van der Waals surface area contributed by atoms with Crippen LogP contribution < -0.4 is 5.32 Å². The normalized spacial score (nSPS) is 21.4. The minimum Gasteiger partial charge on any atom is -0.478 e. The quantitative estimate of drug-likeness (QED) is 0.893. The van der Waals surface area contributed by atoms with Crippen molar-refractivity contribution in [1.82, 2.24) is 5.32 Å². The van der Waals surface area contributed by atoms with Crippen LogP contribution in [0.15, 0.2) is 17.1 Å². The van der Waals surface area contributed by atoms with E-state index in [9.17, 15) is 18.4 Å². The maximum atomic E-state index is 14.0. The molecule has 1 aromatic carbocycles. The number of benzene rings is 1. The Morgan fingerprint density at radius 3 is 2.48 bits per heavy atom. The number of nitrogens with one attached hydrogen (secondary N) is 1. The number of halogens is 2. The van der Waals surface area contributed by atoms with Gasteiger partial charge in [-0.25, -0.2) is 13.6 Å². The molecule has 0 fully saturated rings.